The fraction of sp³-hybridized carbons (Fsp3) is 0.765. The van der Waals surface area contributed by atoms with Gasteiger partial charge < -0.3 is 0 Å². The third-order valence-corrected chi connectivity index (χ3v) is 6.16. The summed E-state index contributed by atoms with van der Waals surface area (Å²) in [6.45, 7) is 0. The van der Waals surface area contributed by atoms with E-state index in [1.807, 2.05) is 0 Å². The molecule has 0 heteroatoms. The van der Waals surface area contributed by atoms with Gasteiger partial charge in [-0.25, -0.2) is 0 Å². The molecule has 0 amide bonds. The molecule has 0 nitrogen and oxygen atoms in total. The Balaban J connectivity index is 1.34. The molecule has 0 aromatic carbocycles. The summed E-state index contributed by atoms with van der Waals surface area (Å²) in [5.41, 5.74) is 1.31. The van der Waals surface area contributed by atoms with E-state index in [9.17, 15) is 0 Å². The first-order valence-corrected chi connectivity index (χ1v) is 7.66. The molecule has 0 radical (unpaired) electrons. The van der Waals surface area contributed by atoms with Crippen LogP contribution in [0.5, 0.6) is 0 Å². The third kappa shape index (κ3) is 1.63. The summed E-state index contributed by atoms with van der Waals surface area (Å²) in [4.78, 5) is 0. The van der Waals surface area contributed by atoms with Crippen LogP contribution in [0, 0.1) is 22.7 Å². The van der Waals surface area contributed by atoms with Gasteiger partial charge in [-0.3, -0.25) is 0 Å². The van der Waals surface area contributed by atoms with Crippen LogP contribution in [-0.4, -0.2) is 0 Å². The summed E-state index contributed by atoms with van der Waals surface area (Å²) < 4.78 is 0. The van der Waals surface area contributed by atoms with E-state index in [0.29, 0.717) is 10.8 Å². The van der Waals surface area contributed by atoms with Crippen molar-refractivity contribution in [2.24, 2.45) is 22.7 Å². The van der Waals surface area contributed by atoms with E-state index in [2.05, 4.69) is 24.3 Å². The van der Waals surface area contributed by atoms with Gasteiger partial charge in [-0.15, -0.1) is 0 Å². The first-order chi connectivity index (χ1) is 8.28. The third-order valence-electron chi connectivity index (χ3n) is 6.16. The molecule has 4 aliphatic rings. The minimum atomic E-state index is 0.654. The fourth-order valence-electron chi connectivity index (χ4n) is 5.12. The van der Waals surface area contributed by atoms with Gasteiger partial charge in [0.15, 0.2) is 0 Å². The second-order valence-electron chi connectivity index (χ2n) is 7.30. The van der Waals surface area contributed by atoms with Crippen molar-refractivity contribution in [1.29, 1.82) is 0 Å². The van der Waals surface area contributed by atoms with Gasteiger partial charge in [0.05, 0.1) is 0 Å². The molecule has 0 heterocycles. The largest absolute Gasteiger partial charge is 0.0848 e. The highest BCUT2D eigenvalue weighted by atomic mass is 14.5. The van der Waals surface area contributed by atoms with Crippen LogP contribution < -0.4 is 0 Å². The molecule has 92 valence electrons. The molecule has 4 aliphatic carbocycles. The molecule has 0 spiro atoms. The highest BCUT2D eigenvalue weighted by Gasteiger charge is 2.42. The average molecular weight is 228 g/mol. The smallest absolute Gasteiger partial charge is 0.0112 e. The van der Waals surface area contributed by atoms with Crippen LogP contribution in [0.25, 0.3) is 0 Å². The summed E-state index contributed by atoms with van der Waals surface area (Å²) >= 11 is 0. The Hall–Kier alpha value is -0.520. The van der Waals surface area contributed by atoms with Crippen LogP contribution in [0.3, 0.4) is 0 Å². The number of allylic oxidation sites excluding steroid dienone is 4. The zero-order valence-corrected chi connectivity index (χ0v) is 10.8. The van der Waals surface area contributed by atoms with E-state index in [0.717, 1.165) is 11.8 Å². The van der Waals surface area contributed by atoms with Crippen LogP contribution in [-0.2, 0) is 0 Å². The lowest BCUT2D eigenvalue weighted by Crippen LogP contribution is -2.15. The van der Waals surface area contributed by atoms with Crippen LogP contribution in [0.1, 0.15) is 57.8 Å². The molecular weight excluding hydrogens is 204 g/mol. The maximum atomic E-state index is 2.57. The topological polar surface area (TPSA) is 0 Å². The summed E-state index contributed by atoms with van der Waals surface area (Å²) in [6, 6.07) is 0. The van der Waals surface area contributed by atoms with Gasteiger partial charge in [0, 0.05) is 0 Å². The van der Waals surface area contributed by atoms with Crippen molar-refractivity contribution in [1.82, 2.24) is 0 Å². The predicted octanol–water partition coefficient (Wildman–Crippen LogP) is 4.87. The second kappa shape index (κ2) is 3.49. The van der Waals surface area contributed by atoms with Gasteiger partial charge in [-0.05, 0) is 74.0 Å². The minimum absolute atomic E-state index is 0.654. The Morgan fingerprint density at radius 1 is 0.824 bits per heavy atom. The van der Waals surface area contributed by atoms with Crippen LogP contribution in [0.4, 0.5) is 0 Å². The van der Waals surface area contributed by atoms with Gasteiger partial charge in [0.25, 0.3) is 0 Å². The fourth-order valence-corrected chi connectivity index (χ4v) is 5.12. The maximum absolute atomic E-state index is 2.57. The van der Waals surface area contributed by atoms with E-state index >= 15 is 0 Å². The number of rotatable bonds is 4. The van der Waals surface area contributed by atoms with Gasteiger partial charge in [0.2, 0.25) is 0 Å². The zero-order chi connectivity index (χ0) is 11.3. The highest BCUT2D eigenvalue weighted by Crippen LogP contribution is 2.55. The molecule has 4 unspecified atom stereocenters. The molecule has 4 rings (SSSR count). The number of hydrogen-bond acceptors (Lipinski definition) is 0. The van der Waals surface area contributed by atoms with E-state index in [4.69, 9.17) is 0 Å². The van der Waals surface area contributed by atoms with Crippen LogP contribution in [0.15, 0.2) is 24.3 Å². The highest BCUT2D eigenvalue weighted by molar-refractivity contribution is 5.17. The van der Waals surface area contributed by atoms with E-state index in [1.54, 1.807) is 0 Å². The number of fused-ring (bicyclic) bond motifs is 4. The molecule has 0 aromatic heterocycles. The SMILES string of the molecule is C1=CC2(CCCC34C=CC(CC3)C4)CCC1C2. The molecule has 0 saturated heterocycles. The molecule has 0 aliphatic heterocycles. The molecular formula is C17H24. The van der Waals surface area contributed by atoms with Gasteiger partial charge >= 0.3 is 0 Å². The van der Waals surface area contributed by atoms with Crippen molar-refractivity contribution in [3.05, 3.63) is 24.3 Å². The molecule has 2 saturated carbocycles. The molecule has 4 atom stereocenters. The molecule has 17 heavy (non-hydrogen) atoms. The van der Waals surface area contributed by atoms with Crippen molar-refractivity contribution >= 4 is 0 Å². The first kappa shape index (κ1) is 10.4. The van der Waals surface area contributed by atoms with Gasteiger partial charge in [0.1, 0.15) is 0 Å². The Morgan fingerprint density at radius 2 is 1.35 bits per heavy atom. The zero-order valence-electron chi connectivity index (χ0n) is 10.8. The standard InChI is InChI=1S/C17H24/c1(6-16-8-2-14(12-16)3-9-16)7-17-10-4-15(13-17)5-11-17/h2,4,8,10,14-15H,1,3,5-7,9,11-13H2. The summed E-state index contributed by atoms with van der Waals surface area (Å²) in [6.07, 6.45) is 23.4. The Labute approximate surface area is 105 Å². The van der Waals surface area contributed by atoms with E-state index < -0.39 is 0 Å². The maximum Gasteiger partial charge on any atom is -0.0112 e. The Morgan fingerprint density at radius 3 is 1.65 bits per heavy atom. The summed E-state index contributed by atoms with van der Waals surface area (Å²) in [7, 11) is 0. The van der Waals surface area contributed by atoms with Crippen molar-refractivity contribution in [3.8, 4) is 0 Å². The second-order valence-corrected chi connectivity index (χ2v) is 7.30. The monoisotopic (exact) mass is 228 g/mol. The minimum Gasteiger partial charge on any atom is -0.0848 e. The Bertz CT molecular complexity index is 341. The lowest BCUT2D eigenvalue weighted by molar-refractivity contribution is 0.297. The average Bonchev–Trinajstić information content (AvgIpc) is 3.08. The summed E-state index contributed by atoms with van der Waals surface area (Å²) in [5, 5.41) is 0. The Kier molecular flexibility index (Phi) is 2.14. The molecule has 4 bridgehead atoms. The quantitative estimate of drug-likeness (QED) is 0.602. The van der Waals surface area contributed by atoms with Gasteiger partial charge in [-0.1, -0.05) is 30.7 Å². The lowest BCUT2D eigenvalue weighted by atomic mass is 9.77. The van der Waals surface area contributed by atoms with E-state index in [-0.39, 0.29) is 0 Å². The summed E-state index contributed by atoms with van der Waals surface area (Å²) in [5.74, 6) is 1.91. The predicted molar refractivity (Wildman–Crippen MR) is 71.7 cm³/mol. The normalized spacial score (nSPS) is 49.6. The van der Waals surface area contributed by atoms with Crippen molar-refractivity contribution in [2.75, 3.05) is 0 Å². The molecule has 0 N–H and O–H groups in total. The van der Waals surface area contributed by atoms with Crippen molar-refractivity contribution in [3.63, 3.8) is 0 Å². The lowest BCUT2D eigenvalue weighted by Gasteiger charge is -2.28. The molecule has 0 aromatic rings. The van der Waals surface area contributed by atoms with Crippen LogP contribution >= 0.6 is 0 Å². The van der Waals surface area contributed by atoms with Gasteiger partial charge in [-0.2, -0.15) is 0 Å². The first-order valence-electron chi connectivity index (χ1n) is 7.66. The van der Waals surface area contributed by atoms with Crippen LogP contribution in [0.2, 0.25) is 0 Å². The number of hydrogen-bond donors (Lipinski definition) is 0. The molecule has 2 fully saturated rings. The van der Waals surface area contributed by atoms with E-state index in [1.165, 1.54) is 57.8 Å². The van der Waals surface area contributed by atoms with Crippen molar-refractivity contribution < 1.29 is 0 Å². The van der Waals surface area contributed by atoms with Crippen molar-refractivity contribution in [2.45, 2.75) is 57.8 Å².